The number of hydrogen-bond acceptors (Lipinski definition) is 5. The number of nitrogens with zero attached hydrogens (tertiary/aromatic N) is 3. The fraction of sp³-hybridized carbons (Fsp3) is 0.132. The third kappa shape index (κ3) is 6.05. The van der Waals surface area contributed by atoms with Crippen LogP contribution in [0.1, 0.15) is 36.6 Å². The van der Waals surface area contributed by atoms with Crippen molar-refractivity contribution in [2.45, 2.75) is 26.4 Å². The highest BCUT2D eigenvalue weighted by Gasteiger charge is 2.32. The van der Waals surface area contributed by atoms with Gasteiger partial charge in [-0.2, -0.15) is 0 Å². The summed E-state index contributed by atoms with van der Waals surface area (Å²) >= 11 is 7.60. The van der Waals surface area contributed by atoms with E-state index >= 15 is 0 Å². The lowest BCUT2D eigenvalue weighted by Crippen LogP contribution is -2.40. The molecule has 0 aliphatic carbocycles. The van der Waals surface area contributed by atoms with Crippen LogP contribution in [0, 0.1) is 0 Å². The first-order valence-electron chi connectivity index (χ1n) is 15.3. The minimum atomic E-state index is -0.683. The normalized spacial score (nSPS) is 14.6. The molecular formula is C38H31ClN4O3S. The number of carbonyl (C=O) groups excluding carboxylic acids is 1. The summed E-state index contributed by atoms with van der Waals surface area (Å²) in [5.41, 5.74) is 5.26. The highest BCUT2D eigenvalue weighted by molar-refractivity contribution is 7.07. The van der Waals surface area contributed by atoms with Crippen LogP contribution in [0.25, 0.3) is 17.0 Å². The van der Waals surface area contributed by atoms with Gasteiger partial charge >= 0.3 is 0 Å². The number of allylic oxidation sites excluding steroid dienone is 1. The molecule has 7 rings (SSSR count). The zero-order valence-corrected chi connectivity index (χ0v) is 27.4. The van der Waals surface area contributed by atoms with Gasteiger partial charge in [0.15, 0.2) is 4.80 Å². The van der Waals surface area contributed by atoms with Crippen molar-refractivity contribution in [2.24, 2.45) is 4.99 Å². The number of hydrogen-bond donors (Lipinski definition) is 1. The summed E-state index contributed by atoms with van der Waals surface area (Å²) in [6.45, 7) is 4.92. The number of benzene rings is 4. The molecule has 1 aliphatic rings. The largest absolute Gasteiger partial charge is 0.494 e. The lowest BCUT2D eigenvalue weighted by molar-refractivity contribution is -0.113. The Balaban J connectivity index is 1.35. The Morgan fingerprint density at radius 2 is 1.77 bits per heavy atom. The number of aromatic nitrogens is 2. The molecular weight excluding hydrogens is 628 g/mol. The van der Waals surface area contributed by atoms with Gasteiger partial charge in [0.1, 0.15) is 5.75 Å². The number of para-hydroxylation sites is 2. The number of ether oxygens (including phenoxy) is 1. The molecule has 1 N–H and O–H groups in total. The van der Waals surface area contributed by atoms with E-state index in [0.717, 1.165) is 27.6 Å². The minimum absolute atomic E-state index is 0.211. The van der Waals surface area contributed by atoms with Crippen LogP contribution in [0.3, 0.4) is 0 Å². The fourth-order valence-corrected chi connectivity index (χ4v) is 7.30. The molecule has 47 heavy (non-hydrogen) atoms. The van der Waals surface area contributed by atoms with Gasteiger partial charge in [0, 0.05) is 39.9 Å². The molecule has 7 nitrogen and oxygen atoms in total. The van der Waals surface area contributed by atoms with Crippen molar-refractivity contribution in [3.63, 3.8) is 0 Å². The van der Waals surface area contributed by atoms with Crippen LogP contribution in [-0.4, -0.2) is 21.6 Å². The molecule has 9 heteroatoms. The van der Waals surface area contributed by atoms with Gasteiger partial charge in [-0.25, -0.2) is 4.99 Å². The van der Waals surface area contributed by atoms with Gasteiger partial charge in [-0.15, -0.1) is 0 Å². The van der Waals surface area contributed by atoms with E-state index < -0.39 is 6.04 Å². The zero-order chi connectivity index (χ0) is 32.5. The summed E-state index contributed by atoms with van der Waals surface area (Å²) in [5.74, 6) is 0.406. The first-order valence-corrected chi connectivity index (χ1v) is 16.5. The number of thiazole rings is 1. The lowest BCUT2D eigenvalue weighted by atomic mass is 9.95. The zero-order valence-electron chi connectivity index (χ0n) is 25.8. The average molecular weight is 659 g/mol. The average Bonchev–Trinajstić information content (AvgIpc) is 3.57. The topological polar surface area (TPSA) is 77.6 Å². The summed E-state index contributed by atoms with van der Waals surface area (Å²) in [4.78, 5) is 33.6. The lowest BCUT2D eigenvalue weighted by Gasteiger charge is -2.25. The number of fused-ring (bicyclic) bond motifs is 2. The Bertz CT molecular complexity index is 2340. The Labute approximate surface area is 280 Å². The summed E-state index contributed by atoms with van der Waals surface area (Å²) < 4.78 is 10.0. The van der Waals surface area contributed by atoms with Gasteiger partial charge in [0.05, 0.1) is 28.5 Å². The standard InChI is InChI=1S/C38H31ClN4O3S/c1-3-46-30-18-16-26(17-19-30)35-34(36(44)41-29-12-5-4-6-13-29)24(2)40-38-43(35)37(45)33(47-38)21-27-23-42(32-15-8-7-14-31(27)32)22-25-10-9-11-28(39)20-25/h4-21,23,35H,3,22H2,1-2H3,(H,41,44)/b33-21-/t35-/m0/s1. The van der Waals surface area contributed by atoms with Crippen molar-refractivity contribution >= 4 is 51.5 Å². The van der Waals surface area contributed by atoms with Crippen molar-refractivity contribution in [1.82, 2.24) is 9.13 Å². The summed E-state index contributed by atoms with van der Waals surface area (Å²) in [6, 6.07) is 32.1. The predicted octanol–water partition coefficient (Wildman–Crippen LogP) is 6.93. The van der Waals surface area contributed by atoms with E-state index in [2.05, 4.69) is 28.2 Å². The van der Waals surface area contributed by atoms with Crippen LogP contribution < -0.4 is 24.9 Å². The van der Waals surface area contributed by atoms with E-state index in [0.29, 0.717) is 50.2 Å². The van der Waals surface area contributed by atoms with Gasteiger partial charge in [-0.1, -0.05) is 83.6 Å². The number of anilines is 1. The number of amides is 1. The fourth-order valence-electron chi connectivity index (χ4n) is 6.05. The first kappa shape index (κ1) is 30.5. The van der Waals surface area contributed by atoms with Gasteiger partial charge in [-0.3, -0.25) is 14.2 Å². The van der Waals surface area contributed by atoms with Crippen LogP contribution in [-0.2, 0) is 11.3 Å². The van der Waals surface area contributed by atoms with Gasteiger partial charge in [0.2, 0.25) is 0 Å². The van der Waals surface area contributed by atoms with Gasteiger partial charge in [-0.05, 0) is 73.5 Å². The molecule has 3 heterocycles. The molecule has 1 aliphatic heterocycles. The maximum absolute atomic E-state index is 14.4. The minimum Gasteiger partial charge on any atom is -0.494 e. The van der Waals surface area contributed by atoms with Crippen molar-refractivity contribution in [3.8, 4) is 5.75 Å². The van der Waals surface area contributed by atoms with Gasteiger partial charge < -0.3 is 14.6 Å². The van der Waals surface area contributed by atoms with E-state index in [4.69, 9.17) is 21.3 Å². The van der Waals surface area contributed by atoms with Crippen LogP contribution in [0.5, 0.6) is 5.75 Å². The molecule has 2 aromatic heterocycles. The van der Waals surface area contributed by atoms with E-state index in [9.17, 15) is 9.59 Å². The molecule has 0 fully saturated rings. The van der Waals surface area contributed by atoms with Crippen LogP contribution in [0.2, 0.25) is 5.02 Å². The highest BCUT2D eigenvalue weighted by Crippen LogP contribution is 2.32. The van der Waals surface area contributed by atoms with E-state index in [1.165, 1.54) is 11.3 Å². The van der Waals surface area contributed by atoms with Crippen LogP contribution in [0.4, 0.5) is 5.69 Å². The molecule has 0 radical (unpaired) electrons. The van der Waals surface area contributed by atoms with E-state index in [-0.39, 0.29) is 11.5 Å². The maximum atomic E-state index is 14.4. The number of halogens is 1. The Hall–Kier alpha value is -5.18. The second-order valence-electron chi connectivity index (χ2n) is 11.3. The summed E-state index contributed by atoms with van der Waals surface area (Å²) in [6.07, 6.45) is 4.00. The predicted molar refractivity (Wildman–Crippen MR) is 189 cm³/mol. The van der Waals surface area contributed by atoms with Crippen molar-refractivity contribution in [3.05, 3.63) is 162 Å². The quantitative estimate of drug-likeness (QED) is 0.193. The molecule has 0 saturated heterocycles. The molecule has 4 aromatic carbocycles. The van der Waals surface area contributed by atoms with Gasteiger partial charge in [0.25, 0.3) is 11.5 Å². The van der Waals surface area contributed by atoms with Crippen LogP contribution in [0.15, 0.2) is 130 Å². The Morgan fingerprint density at radius 1 is 1.00 bits per heavy atom. The second kappa shape index (κ2) is 12.9. The molecule has 6 aromatic rings. The van der Waals surface area contributed by atoms with Crippen molar-refractivity contribution < 1.29 is 9.53 Å². The smallest absolute Gasteiger partial charge is 0.271 e. The SMILES string of the molecule is CCOc1ccc([C@H]2C(C(=O)Nc3ccccc3)=C(C)N=c3s/c(=C\c4cn(Cc5cccc(Cl)c5)c5ccccc45)c(=O)n32)cc1. The number of rotatable bonds is 8. The Kier molecular flexibility index (Phi) is 8.37. The monoisotopic (exact) mass is 658 g/mol. The summed E-state index contributed by atoms with van der Waals surface area (Å²) in [5, 5.41) is 4.72. The van der Waals surface area contributed by atoms with E-state index in [1.807, 2.05) is 111 Å². The molecule has 0 unspecified atom stereocenters. The molecule has 0 saturated carbocycles. The van der Waals surface area contributed by atoms with Crippen LogP contribution >= 0.6 is 22.9 Å². The second-order valence-corrected chi connectivity index (χ2v) is 12.7. The molecule has 1 amide bonds. The Morgan fingerprint density at radius 3 is 2.53 bits per heavy atom. The number of nitrogens with one attached hydrogen (secondary N) is 1. The van der Waals surface area contributed by atoms with E-state index in [1.54, 1.807) is 4.57 Å². The molecule has 234 valence electrons. The molecule has 1 atom stereocenters. The molecule has 0 bridgehead atoms. The third-order valence-electron chi connectivity index (χ3n) is 8.15. The third-order valence-corrected chi connectivity index (χ3v) is 9.37. The van der Waals surface area contributed by atoms with Crippen molar-refractivity contribution in [2.75, 3.05) is 11.9 Å². The first-order chi connectivity index (χ1) is 22.9. The summed E-state index contributed by atoms with van der Waals surface area (Å²) in [7, 11) is 0. The van der Waals surface area contributed by atoms with Crippen molar-refractivity contribution in [1.29, 1.82) is 0 Å². The number of carbonyl (C=O) groups is 1. The highest BCUT2D eigenvalue weighted by atomic mass is 35.5. The molecule has 0 spiro atoms. The maximum Gasteiger partial charge on any atom is 0.271 e.